The Balaban J connectivity index is 0.000000606. The lowest BCUT2D eigenvalue weighted by atomic mass is 10.1. The van der Waals surface area contributed by atoms with Crippen molar-refractivity contribution >= 4 is 27.5 Å². The summed E-state index contributed by atoms with van der Waals surface area (Å²) < 4.78 is 5.69. The Morgan fingerprint density at radius 3 is 2.69 bits per heavy atom. The number of benzene rings is 1. The topological polar surface area (TPSA) is 26.3 Å². The molecule has 0 spiro atoms. The summed E-state index contributed by atoms with van der Waals surface area (Å²) in [5, 5.41) is 0. The molecule has 0 unspecified atom stereocenters. The number of ether oxygens (including phenoxy) is 1. The Bertz CT molecular complexity index is 422. The van der Waals surface area contributed by atoms with Crippen molar-refractivity contribution in [3.05, 3.63) is 39.9 Å². The van der Waals surface area contributed by atoms with E-state index in [1.807, 2.05) is 38.1 Å². The molecule has 0 atom stereocenters. The SMILES string of the molecule is CC.COC(=O)C1=CCc2ccc(Br)cc21. The quantitative estimate of drug-likeness (QED) is 0.736. The number of halogens is 1. The third-order valence-corrected chi connectivity index (χ3v) is 2.79. The van der Waals surface area contributed by atoms with E-state index in [2.05, 4.69) is 15.9 Å². The molecular weight excluding hydrogens is 268 g/mol. The lowest BCUT2D eigenvalue weighted by Gasteiger charge is -2.03. The molecule has 0 saturated heterocycles. The highest BCUT2D eigenvalue weighted by Crippen LogP contribution is 2.30. The van der Waals surface area contributed by atoms with Crippen LogP contribution in [0.4, 0.5) is 0 Å². The van der Waals surface area contributed by atoms with Crippen molar-refractivity contribution in [2.24, 2.45) is 0 Å². The minimum Gasteiger partial charge on any atom is -0.465 e. The van der Waals surface area contributed by atoms with Crippen molar-refractivity contribution in [3.63, 3.8) is 0 Å². The molecule has 0 fully saturated rings. The van der Waals surface area contributed by atoms with E-state index >= 15 is 0 Å². The first-order valence-corrected chi connectivity index (χ1v) is 6.09. The zero-order chi connectivity index (χ0) is 12.1. The third kappa shape index (κ3) is 2.53. The van der Waals surface area contributed by atoms with Gasteiger partial charge in [-0.15, -0.1) is 0 Å². The molecule has 0 N–H and O–H groups in total. The van der Waals surface area contributed by atoms with E-state index in [-0.39, 0.29) is 5.97 Å². The third-order valence-electron chi connectivity index (χ3n) is 2.29. The Labute approximate surface area is 104 Å². The van der Waals surface area contributed by atoms with Crippen molar-refractivity contribution < 1.29 is 9.53 Å². The molecule has 1 aliphatic carbocycles. The molecule has 1 aromatic rings. The maximum Gasteiger partial charge on any atom is 0.338 e. The number of carbonyl (C=O) groups is 1. The zero-order valence-corrected chi connectivity index (χ0v) is 11.3. The number of methoxy groups -OCH3 is 1. The molecule has 0 heterocycles. The molecule has 0 aliphatic heterocycles. The van der Waals surface area contributed by atoms with Gasteiger partial charge in [-0.25, -0.2) is 4.79 Å². The first kappa shape index (κ1) is 13.0. The van der Waals surface area contributed by atoms with Crippen LogP contribution in [0.5, 0.6) is 0 Å². The molecule has 1 aliphatic rings. The van der Waals surface area contributed by atoms with Crippen molar-refractivity contribution in [2.45, 2.75) is 20.3 Å². The average Bonchev–Trinajstić information content (AvgIpc) is 2.73. The van der Waals surface area contributed by atoms with Crippen LogP contribution in [0.3, 0.4) is 0 Å². The number of esters is 1. The van der Waals surface area contributed by atoms with Gasteiger partial charge in [0.25, 0.3) is 0 Å². The second-order valence-electron chi connectivity index (χ2n) is 3.11. The molecule has 3 heteroatoms. The van der Waals surface area contributed by atoms with Crippen LogP contribution in [0.2, 0.25) is 0 Å². The largest absolute Gasteiger partial charge is 0.465 e. The molecular formula is C13H15BrO2. The summed E-state index contributed by atoms with van der Waals surface area (Å²) in [6.07, 6.45) is 2.72. The van der Waals surface area contributed by atoms with Gasteiger partial charge in [-0.3, -0.25) is 0 Å². The molecule has 16 heavy (non-hydrogen) atoms. The van der Waals surface area contributed by atoms with E-state index < -0.39 is 0 Å². The number of hydrogen-bond donors (Lipinski definition) is 0. The van der Waals surface area contributed by atoms with Gasteiger partial charge in [0.05, 0.1) is 12.7 Å². The van der Waals surface area contributed by atoms with Gasteiger partial charge in [-0.1, -0.05) is 41.9 Å². The molecule has 1 aromatic carbocycles. The van der Waals surface area contributed by atoms with Crippen LogP contribution in [0, 0.1) is 0 Å². The van der Waals surface area contributed by atoms with Crippen molar-refractivity contribution in [1.29, 1.82) is 0 Å². The molecule has 0 saturated carbocycles. The molecule has 2 nitrogen and oxygen atoms in total. The molecule has 86 valence electrons. The van der Waals surface area contributed by atoms with Crippen LogP contribution in [0.25, 0.3) is 5.57 Å². The van der Waals surface area contributed by atoms with Gasteiger partial charge in [-0.05, 0) is 29.7 Å². The van der Waals surface area contributed by atoms with Gasteiger partial charge in [0.2, 0.25) is 0 Å². The number of fused-ring (bicyclic) bond motifs is 1. The highest BCUT2D eigenvalue weighted by Gasteiger charge is 2.20. The fourth-order valence-corrected chi connectivity index (χ4v) is 1.96. The van der Waals surface area contributed by atoms with Gasteiger partial charge in [0, 0.05) is 4.47 Å². The Morgan fingerprint density at radius 1 is 1.38 bits per heavy atom. The average molecular weight is 283 g/mol. The van der Waals surface area contributed by atoms with Gasteiger partial charge in [0.1, 0.15) is 0 Å². The lowest BCUT2D eigenvalue weighted by Crippen LogP contribution is -2.02. The predicted octanol–water partition coefficient (Wildman–Crippen LogP) is 3.59. The Morgan fingerprint density at radius 2 is 2.06 bits per heavy atom. The normalized spacial score (nSPS) is 12.1. The zero-order valence-electron chi connectivity index (χ0n) is 9.71. The summed E-state index contributed by atoms with van der Waals surface area (Å²) in [5.74, 6) is -0.262. The van der Waals surface area contributed by atoms with E-state index in [0.29, 0.717) is 5.57 Å². The summed E-state index contributed by atoms with van der Waals surface area (Å²) in [6, 6.07) is 5.95. The first-order valence-electron chi connectivity index (χ1n) is 5.29. The first-order chi connectivity index (χ1) is 7.72. The van der Waals surface area contributed by atoms with Crippen LogP contribution in [-0.2, 0) is 16.0 Å². The molecule has 0 aromatic heterocycles. The van der Waals surface area contributed by atoms with Crippen molar-refractivity contribution in [1.82, 2.24) is 0 Å². The van der Waals surface area contributed by atoms with E-state index in [9.17, 15) is 4.79 Å². The van der Waals surface area contributed by atoms with E-state index in [4.69, 9.17) is 4.74 Å². The Kier molecular flexibility index (Phi) is 4.74. The molecule has 0 amide bonds. The standard InChI is InChI=1S/C11H9BrO2.C2H6/c1-14-11(13)9-5-3-7-2-4-8(12)6-10(7)9;1-2/h2,4-6H,3H2,1H3;1-2H3. The summed E-state index contributed by atoms with van der Waals surface area (Å²) in [4.78, 5) is 11.4. The minimum atomic E-state index is -0.262. The van der Waals surface area contributed by atoms with Crippen molar-refractivity contribution in [3.8, 4) is 0 Å². The fraction of sp³-hybridized carbons (Fsp3) is 0.308. The lowest BCUT2D eigenvalue weighted by molar-refractivity contribution is -0.133. The van der Waals surface area contributed by atoms with E-state index in [1.54, 1.807) is 0 Å². The molecule has 0 radical (unpaired) electrons. The second-order valence-corrected chi connectivity index (χ2v) is 4.03. The molecule has 2 rings (SSSR count). The van der Waals surface area contributed by atoms with E-state index in [0.717, 1.165) is 16.5 Å². The number of allylic oxidation sites excluding steroid dienone is 1. The van der Waals surface area contributed by atoms with Crippen LogP contribution < -0.4 is 0 Å². The van der Waals surface area contributed by atoms with Crippen LogP contribution in [-0.4, -0.2) is 13.1 Å². The fourth-order valence-electron chi connectivity index (χ4n) is 1.60. The van der Waals surface area contributed by atoms with Gasteiger partial charge >= 0.3 is 5.97 Å². The number of carbonyl (C=O) groups excluding carboxylic acids is 1. The molecule has 0 bridgehead atoms. The van der Waals surface area contributed by atoms with E-state index in [1.165, 1.54) is 12.7 Å². The van der Waals surface area contributed by atoms with Crippen molar-refractivity contribution in [2.75, 3.05) is 7.11 Å². The van der Waals surface area contributed by atoms with Gasteiger partial charge < -0.3 is 4.74 Å². The smallest absolute Gasteiger partial charge is 0.338 e. The van der Waals surface area contributed by atoms with Gasteiger partial charge in [0.15, 0.2) is 0 Å². The van der Waals surface area contributed by atoms with Crippen LogP contribution in [0.15, 0.2) is 28.7 Å². The summed E-state index contributed by atoms with van der Waals surface area (Å²) >= 11 is 3.38. The summed E-state index contributed by atoms with van der Waals surface area (Å²) in [7, 11) is 1.40. The monoisotopic (exact) mass is 282 g/mol. The maximum atomic E-state index is 11.4. The van der Waals surface area contributed by atoms with Crippen LogP contribution >= 0.6 is 15.9 Å². The second kappa shape index (κ2) is 5.85. The maximum absolute atomic E-state index is 11.4. The summed E-state index contributed by atoms with van der Waals surface area (Å²) in [5.41, 5.74) is 2.82. The minimum absolute atomic E-state index is 0.262. The highest BCUT2D eigenvalue weighted by molar-refractivity contribution is 9.10. The number of rotatable bonds is 1. The van der Waals surface area contributed by atoms with Crippen LogP contribution in [0.1, 0.15) is 25.0 Å². The predicted molar refractivity (Wildman–Crippen MR) is 69.2 cm³/mol. The summed E-state index contributed by atoms with van der Waals surface area (Å²) in [6.45, 7) is 4.00. The van der Waals surface area contributed by atoms with Gasteiger partial charge in [-0.2, -0.15) is 0 Å². The highest BCUT2D eigenvalue weighted by atomic mass is 79.9. The number of hydrogen-bond acceptors (Lipinski definition) is 2. The Hall–Kier alpha value is -1.09.